The maximum absolute atomic E-state index is 4.76. The van der Waals surface area contributed by atoms with Gasteiger partial charge in [-0.15, -0.1) is 10.2 Å². The highest BCUT2D eigenvalue weighted by atomic mass is 32.1. The molecule has 2 aromatic heterocycles. The molecule has 2 aromatic rings. The van der Waals surface area contributed by atoms with Gasteiger partial charge in [0.05, 0.1) is 0 Å². The first-order valence-electron chi connectivity index (χ1n) is 7.32. The van der Waals surface area contributed by atoms with Crippen molar-refractivity contribution in [2.45, 2.75) is 44.4 Å². The van der Waals surface area contributed by atoms with Crippen LogP contribution in [0.1, 0.15) is 48.9 Å². The smallest absolute Gasteiger partial charge is 0.234 e. The first-order valence-corrected chi connectivity index (χ1v) is 8.13. The molecule has 6 heteroatoms. The van der Waals surface area contributed by atoms with Crippen LogP contribution < -0.4 is 5.32 Å². The molecule has 0 bridgehead atoms. The van der Waals surface area contributed by atoms with Crippen LogP contribution in [0.3, 0.4) is 0 Å². The lowest BCUT2D eigenvalue weighted by Gasteiger charge is -2.05. The maximum Gasteiger partial charge on any atom is 0.234 e. The van der Waals surface area contributed by atoms with E-state index >= 15 is 0 Å². The number of fused-ring (bicyclic) bond motifs is 1. The van der Waals surface area contributed by atoms with Gasteiger partial charge < -0.3 is 5.32 Å². The van der Waals surface area contributed by atoms with E-state index in [1.165, 1.54) is 37.1 Å². The van der Waals surface area contributed by atoms with Gasteiger partial charge in [0.2, 0.25) is 4.96 Å². The van der Waals surface area contributed by atoms with Crippen LogP contribution in [0, 0.1) is 5.92 Å². The van der Waals surface area contributed by atoms with Crippen LogP contribution in [0.15, 0.2) is 0 Å². The summed E-state index contributed by atoms with van der Waals surface area (Å²) in [6.45, 7) is 2.29. The van der Waals surface area contributed by atoms with Crippen molar-refractivity contribution in [2.75, 3.05) is 13.1 Å². The van der Waals surface area contributed by atoms with Crippen LogP contribution in [0.25, 0.3) is 4.96 Å². The Labute approximate surface area is 116 Å². The van der Waals surface area contributed by atoms with Crippen molar-refractivity contribution in [3.63, 3.8) is 0 Å². The number of rotatable bonds is 3. The molecule has 3 heterocycles. The Kier molecular flexibility index (Phi) is 3.00. The predicted octanol–water partition coefficient (Wildman–Crippen LogP) is 2.00. The van der Waals surface area contributed by atoms with E-state index in [0.29, 0.717) is 5.92 Å². The molecule has 2 fully saturated rings. The third-order valence-electron chi connectivity index (χ3n) is 4.40. The highest BCUT2D eigenvalue weighted by Gasteiger charge is 2.25. The number of hydrogen-bond acceptors (Lipinski definition) is 5. The third-order valence-corrected chi connectivity index (χ3v) is 5.32. The normalized spacial score (nSPS) is 24.7. The molecular weight excluding hydrogens is 258 g/mol. The minimum atomic E-state index is 0.582. The van der Waals surface area contributed by atoms with Gasteiger partial charge >= 0.3 is 0 Å². The molecule has 102 valence electrons. The van der Waals surface area contributed by atoms with Crippen LogP contribution in [-0.4, -0.2) is 32.9 Å². The van der Waals surface area contributed by atoms with Gasteiger partial charge in [-0.1, -0.05) is 24.2 Å². The summed E-state index contributed by atoms with van der Waals surface area (Å²) in [5.41, 5.74) is 0. The third kappa shape index (κ3) is 2.17. The monoisotopic (exact) mass is 277 g/mol. The Balaban J connectivity index is 1.60. The van der Waals surface area contributed by atoms with Crippen LogP contribution in [0.2, 0.25) is 0 Å². The lowest BCUT2D eigenvalue weighted by molar-refractivity contribution is 0.569. The summed E-state index contributed by atoms with van der Waals surface area (Å²) in [5.74, 6) is 2.43. The zero-order valence-electron chi connectivity index (χ0n) is 11.0. The molecule has 5 nitrogen and oxygen atoms in total. The molecular formula is C13H19N5S. The van der Waals surface area contributed by atoms with E-state index in [-0.39, 0.29) is 0 Å². The number of aromatic nitrogens is 4. The summed E-state index contributed by atoms with van der Waals surface area (Å²) in [6, 6.07) is 0. The summed E-state index contributed by atoms with van der Waals surface area (Å²) >= 11 is 1.71. The Hall–Kier alpha value is -1.01. The van der Waals surface area contributed by atoms with Gasteiger partial charge in [-0.25, -0.2) is 0 Å². The van der Waals surface area contributed by atoms with E-state index in [4.69, 9.17) is 5.10 Å². The highest BCUT2D eigenvalue weighted by Crippen LogP contribution is 2.33. The molecule has 0 aromatic carbocycles. The second-order valence-electron chi connectivity index (χ2n) is 5.79. The van der Waals surface area contributed by atoms with Gasteiger partial charge in [0.1, 0.15) is 5.01 Å². The van der Waals surface area contributed by atoms with Gasteiger partial charge in [-0.2, -0.15) is 9.61 Å². The Morgan fingerprint density at radius 3 is 2.89 bits per heavy atom. The maximum atomic E-state index is 4.76. The molecule has 1 aliphatic heterocycles. The summed E-state index contributed by atoms with van der Waals surface area (Å²) < 4.78 is 2.01. The van der Waals surface area contributed by atoms with Crippen molar-refractivity contribution in [1.29, 1.82) is 0 Å². The largest absolute Gasteiger partial charge is 0.316 e. The zero-order valence-corrected chi connectivity index (χ0v) is 11.8. The van der Waals surface area contributed by atoms with Crippen molar-refractivity contribution in [1.82, 2.24) is 25.1 Å². The van der Waals surface area contributed by atoms with Crippen LogP contribution in [0.4, 0.5) is 0 Å². The molecule has 1 unspecified atom stereocenters. The lowest BCUT2D eigenvalue weighted by atomic mass is 10.1. The Morgan fingerprint density at radius 1 is 1.21 bits per heavy atom. The standard InChI is InChI=1S/C13H19N5S/c1-2-4-10(3-1)12-15-16-13-18(12)17-11(19-13)7-9-5-6-14-8-9/h9-10,14H,1-8H2. The second-order valence-corrected chi connectivity index (χ2v) is 6.83. The minimum Gasteiger partial charge on any atom is -0.316 e. The van der Waals surface area contributed by atoms with Crippen molar-refractivity contribution >= 4 is 16.3 Å². The molecule has 1 saturated heterocycles. The van der Waals surface area contributed by atoms with E-state index in [1.807, 2.05) is 4.52 Å². The lowest BCUT2D eigenvalue weighted by Crippen LogP contribution is -2.11. The summed E-state index contributed by atoms with van der Waals surface area (Å²) in [4.78, 5) is 0.975. The van der Waals surface area contributed by atoms with E-state index in [9.17, 15) is 0 Å². The first-order chi connectivity index (χ1) is 9.40. The van der Waals surface area contributed by atoms with E-state index < -0.39 is 0 Å². The Bertz CT molecular complexity index is 563. The van der Waals surface area contributed by atoms with E-state index in [0.717, 1.165) is 36.2 Å². The molecule has 0 amide bonds. The summed E-state index contributed by atoms with van der Waals surface area (Å²) in [5, 5.41) is 18.1. The molecule has 1 atom stereocenters. The predicted molar refractivity (Wildman–Crippen MR) is 74.5 cm³/mol. The molecule has 2 aliphatic rings. The molecule has 0 spiro atoms. The van der Waals surface area contributed by atoms with Crippen molar-refractivity contribution in [2.24, 2.45) is 5.92 Å². The number of hydrogen-bond donors (Lipinski definition) is 1. The van der Waals surface area contributed by atoms with Crippen LogP contribution in [-0.2, 0) is 6.42 Å². The van der Waals surface area contributed by atoms with Gasteiger partial charge in [0, 0.05) is 12.3 Å². The summed E-state index contributed by atoms with van der Waals surface area (Å²) in [6.07, 6.45) is 7.51. The number of nitrogens with one attached hydrogen (secondary N) is 1. The average molecular weight is 277 g/mol. The summed E-state index contributed by atoms with van der Waals surface area (Å²) in [7, 11) is 0. The van der Waals surface area contributed by atoms with Crippen molar-refractivity contribution in [3.8, 4) is 0 Å². The molecule has 4 rings (SSSR count). The highest BCUT2D eigenvalue weighted by molar-refractivity contribution is 7.16. The fourth-order valence-electron chi connectivity index (χ4n) is 3.33. The van der Waals surface area contributed by atoms with Gasteiger partial charge in [-0.3, -0.25) is 0 Å². The molecule has 1 N–H and O–H groups in total. The van der Waals surface area contributed by atoms with E-state index in [2.05, 4.69) is 15.5 Å². The van der Waals surface area contributed by atoms with Crippen LogP contribution in [0.5, 0.6) is 0 Å². The average Bonchev–Trinajstić information content (AvgIpc) is 3.12. The van der Waals surface area contributed by atoms with Crippen molar-refractivity contribution < 1.29 is 0 Å². The first kappa shape index (κ1) is 11.8. The molecule has 1 saturated carbocycles. The molecule has 19 heavy (non-hydrogen) atoms. The van der Waals surface area contributed by atoms with Crippen LogP contribution >= 0.6 is 11.3 Å². The SMILES string of the molecule is C1CCC(c2nnc3sc(CC4CCNC4)nn23)C1. The van der Waals surface area contributed by atoms with Gasteiger partial charge in [-0.05, 0) is 38.3 Å². The quantitative estimate of drug-likeness (QED) is 0.932. The Morgan fingerprint density at radius 2 is 2.11 bits per heavy atom. The number of nitrogens with zero attached hydrogens (tertiary/aromatic N) is 4. The fraction of sp³-hybridized carbons (Fsp3) is 0.769. The molecule has 1 aliphatic carbocycles. The van der Waals surface area contributed by atoms with E-state index in [1.54, 1.807) is 11.3 Å². The topological polar surface area (TPSA) is 55.1 Å². The minimum absolute atomic E-state index is 0.582. The fourth-order valence-corrected chi connectivity index (χ4v) is 4.28. The van der Waals surface area contributed by atoms with Gasteiger partial charge in [0.15, 0.2) is 5.82 Å². The second kappa shape index (κ2) is 4.83. The van der Waals surface area contributed by atoms with Crippen molar-refractivity contribution in [3.05, 3.63) is 10.8 Å². The molecule has 0 radical (unpaired) electrons. The zero-order chi connectivity index (χ0) is 12.7. The van der Waals surface area contributed by atoms with Gasteiger partial charge in [0.25, 0.3) is 0 Å².